The number of anilines is 1. The van der Waals surface area contributed by atoms with E-state index in [0.29, 0.717) is 23.6 Å². The number of aliphatic hydroxyl groups excluding tert-OH is 1. The third kappa shape index (κ3) is 13.3. The lowest BCUT2D eigenvalue weighted by atomic mass is 10.1. The average Bonchev–Trinajstić information content (AvgIpc) is 3.53. The summed E-state index contributed by atoms with van der Waals surface area (Å²) in [7, 11) is 1.58. The van der Waals surface area contributed by atoms with Crippen LogP contribution in [-0.2, 0) is 38.3 Å². The summed E-state index contributed by atoms with van der Waals surface area (Å²) in [5, 5.41) is 15.7. The zero-order valence-corrected chi connectivity index (χ0v) is 27.9. The molecule has 2 atom stereocenters. The van der Waals surface area contributed by atoms with Gasteiger partial charge in [-0.3, -0.25) is 9.59 Å². The van der Waals surface area contributed by atoms with Crippen molar-refractivity contribution in [2.75, 3.05) is 33.0 Å². The number of nitrogens with zero attached hydrogens (tertiary/aromatic N) is 1. The van der Waals surface area contributed by atoms with E-state index in [9.17, 15) is 14.1 Å². The zero-order valence-electron chi connectivity index (χ0n) is 26.2. The number of rotatable bonds is 13. The Hall–Kier alpha value is -3.87. The van der Waals surface area contributed by atoms with Crippen molar-refractivity contribution >= 4 is 40.4 Å². The Bertz CT molecular complexity index is 1380. The number of nitrogen functional groups attached to an aromatic ring is 1. The molecule has 4 rings (SSSR count). The van der Waals surface area contributed by atoms with Crippen LogP contribution in [-0.4, -0.2) is 59.4 Å². The molecule has 0 aliphatic heterocycles. The van der Waals surface area contributed by atoms with Gasteiger partial charge in [-0.25, -0.2) is 8.51 Å². The second-order valence-corrected chi connectivity index (χ2v) is 12.7. The number of amides is 1. The van der Waals surface area contributed by atoms with Crippen molar-refractivity contribution in [1.82, 2.24) is 14.9 Å². The molecule has 0 spiro atoms. The van der Waals surface area contributed by atoms with Crippen molar-refractivity contribution in [3.05, 3.63) is 118 Å². The van der Waals surface area contributed by atoms with Crippen molar-refractivity contribution in [3.63, 3.8) is 0 Å². The van der Waals surface area contributed by atoms with E-state index in [1.165, 1.54) is 29.6 Å². The van der Waals surface area contributed by atoms with Crippen LogP contribution in [0.1, 0.15) is 40.8 Å². The van der Waals surface area contributed by atoms with Gasteiger partial charge < -0.3 is 26.2 Å². The molecule has 5 N–H and O–H groups in total. The van der Waals surface area contributed by atoms with Crippen LogP contribution in [0.25, 0.3) is 0 Å². The van der Waals surface area contributed by atoms with Crippen molar-refractivity contribution in [2.24, 2.45) is 0 Å². The quantitative estimate of drug-likeness (QED) is 0.122. The lowest BCUT2D eigenvalue weighted by Crippen LogP contribution is -2.38. The molecule has 3 aromatic carbocycles. The Balaban J connectivity index is 0.000000340. The van der Waals surface area contributed by atoms with Gasteiger partial charge in [-0.05, 0) is 74.8 Å². The molecule has 45 heavy (non-hydrogen) atoms. The van der Waals surface area contributed by atoms with Gasteiger partial charge in [-0.1, -0.05) is 60.7 Å². The molecule has 1 amide bonds. The number of benzene rings is 3. The smallest absolute Gasteiger partial charge is 0.292 e. The Labute approximate surface area is 273 Å². The predicted octanol–water partition coefficient (Wildman–Crippen LogP) is 4.70. The third-order valence-corrected chi connectivity index (χ3v) is 9.18. The van der Waals surface area contributed by atoms with Crippen LogP contribution in [0.5, 0.6) is 0 Å². The van der Waals surface area contributed by atoms with E-state index in [1.54, 1.807) is 35.6 Å². The Morgan fingerprint density at radius 3 is 2.00 bits per heavy atom. The van der Waals surface area contributed by atoms with E-state index in [1.807, 2.05) is 26.0 Å². The summed E-state index contributed by atoms with van der Waals surface area (Å²) in [5.41, 5.74) is 9.07. The minimum atomic E-state index is -1.45. The molecule has 242 valence electrons. The van der Waals surface area contributed by atoms with Crippen LogP contribution in [0.2, 0.25) is 0 Å². The maximum absolute atomic E-state index is 13.2. The zero-order chi connectivity index (χ0) is 33.0. The van der Waals surface area contributed by atoms with Gasteiger partial charge in [-0.15, -0.1) is 11.3 Å². The highest BCUT2D eigenvalue weighted by Crippen LogP contribution is 2.32. The second-order valence-electron chi connectivity index (χ2n) is 10.1. The molecular weight excluding hydrogens is 609 g/mol. The van der Waals surface area contributed by atoms with E-state index in [4.69, 9.17) is 10.5 Å². The number of thiophene rings is 1. The van der Waals surface area contributed by atoms with Crippen LogP contribution in [0.3, 0.4) is 0 Å². The molecule has 9 nitrogen and oxygen atoms in total. The van der Waals surface area contributed by atoms with Crippen LogP contribution in [0.4, 0.5) is 5.69 Å². The fraction of sp³-hybridized carbons (Fsp3) is 0.294. The number of likely N-dealkylation sites (N-methyl/N-ethyl adjacent to an activating group) is 1. The van der Waals surface area contributed by atoms with Gasteiger partial charge in [0.25, 0.3) is 6.47 Å². The minimum absolute atomic E-state index is 0.0589. The molecule has 11 heteroatoms. The van der Waals surface area contributed by atoms with Crippen LogP contribution in [0.15, 0.2) is 102 Å². The Kier molecular flexibility index (Phi) is 17.4. The molecule has 0 aliphatic rings. The largest absolute Gasteiger partial charge is 0.471 e. The lowest BCUT2D eigenvalue weighted by Gasteiger charge is -2.31. The first-order valence-electron chi connectivity index (χ1n) is 14.4. The highest BCUT2D eigenvalue weighted by molar-refractivity contribution is 7.82. The van der Waals surface area contributed by atoms with E-state index in [-0.39, 0.29) is 25.1 Å². The van der Waals surface area contributed by atoms with Gasteiger partial charge in [0.05, 0.1) is 37.7 Å². The number of hydrogen-bond acceptors (Lipinski definition) is 8. The highest BCUT2D eigenvalue weighted by atomic mass is 32.2. The summed E-state index contributed by atoms with van der Waals surface area (Å²) in [6, 6.07) is 31.4. The number of nitrogens with one attached hydrogen (secondary N) is 2. The van der Waals surface area contributed by atoms with Crippen LogP contribution in [0, 0.1) is 0 Å². The molecule has 0 saturated heterocycles. The van der Waals surface area contributed by atoms with Gasteiger partial charge >= 0.3 is 0 Å². The van der Waals surface area contributed by atoms with Gasteiger partial charge in [0.1, 0.15) is 11.0 Å². The maximum Gasteiger partial charge on any atom is 0.292 e. The third-order valence-electron chi connectivity index (χ3n) is 6.26. The number of hydrogen-bond donors (Lipinski definition) is 4. The summed E-state index contributed by atoms with van der Waals surface area (Å²) in [6.07, 6.45) is 1.03. The number of ether oxygens (including phenoxy) is 1. The molecule has 1 aromatic heterocycles. The lowest BCUT2D eigenvalue weighted by molar-refractivity contribution is -0.126. The summed E-state index contributed by atoms with van der Waals surface area (Å²) in [4.78, 5) is 23.1. The van der Waals surface area contributed by atoms with Gasteiger partial charge in [0.15, 0.2) is 0 Å². The second kappa shape index (κ2) is 21.0. The van der Waals surface area contributed by atoms with Crippen LogP contribution >= 0.6 is 11.3 Å². The standard InChI is InChI=1S/C19H28N4O3S2.C13H12.C2H4O2/c1-13(2)23(28(26)16-7-4-14(20)5-8-16)17(12-24)18-9-6-15(27-18)10-22-19(25)11-21-3;1-3-7-12(8-4-1)11-13-9-5-2-6-10-13;1-4-2-3/h4-9,13,17,21,24H,10-12,20H2,1-3H3,(H,22,25);1-10H,11H2;2H,1H3. The van der Waals surface area contributed by atoms with Gasteiger partial charge in [0, 0.05) is 21.5 Å². The summed E-state index contributed by atoms with van der Waals surface area (Å²) in [5.74, 6) is -0.0792. The minimum Gasteiger partial charge on any atom is -0.471 e. The average molecular weight is 653 g/mol. The normalized spacial score (nSPS) is 11.8. The molecule has 1 heterocycles. The highest BCUT2D eigenvalue weighted by Gasteiger charge is 2.29. The molecule has 0 aliphatic carbocycles. The van der Waals surface area contributed by atoms with E-state index in [0.717, 1.165) is 16.2 Å². The van der Waals surface area contributed by atoms with E-state index in [2.05, 4.69) is 76.0 Å². The van der Waals surface area contributed by atoms with Crippen molar-refractivity contribution in [1.29, 1.82) is 0 Å². The molecule has 2 unspecified atom stereocenters. The van der Waals surface area contributed by atoms with E-state index < -0.39 is 17.0 Å². The number of aliphatic hydroxyl groups is 1. The Morgan fingerprint density at radius 1 is 0.978 bits per heavy atom. The fourth-order valence-electron chi connectivity index (χ4n) is 4.17. The number of carbonyl (C=O) groups excluding carboxylic acids is 2. The maximum atomic E-state index is 13.2. The number of nitrogens with two attached hydrogens (primary N) is 1. The predicted molar refractivity (Wildman–Crippen MR) is 183 cm³/mol. The molecule has 0 fully saturated rings. The molecular formula is C34H44N4O5S2. The molecule has 0 radical (unpaired) electrons. The Morgan fingerprint density at radius 2 is 1.53 bits per heavy atom. The number of carbonyl (C=O) groups is 2. The first kappa shape index (κ1) is 37.3. The molecule has 4 aromatic rings. The summed E-state index contributed by atoms with van der Waals surface area (Å²) < 4.78 is 18.8. The van der Waals surface area contributed by atoms with Crippen LogP contribution < -0.4 is 16.4 Å². The molecule has 0 bridgehead atoms. The van der Waals surface area contributed by atoms with Crippen molar-refractivity contribution in [2.45, 2.75) is 43.8 Å². The summed E-state index contributed by atoms with van der Waals surface area (Å²) >= 11 is 1.50. The SMILES string of the molecule is CNCC(=O)NCc1ccc(C(CO)N(C(C)C)S(=O)c2ccc(N)cc2)s1.COC=O.c1ccc(Cc2ccccc2)cc1. The number of methoxy groups -OCH3 is 1. The van der Waals surface area contributed by atoms with Gasteiger partial charge in [0.2, 0.25) is 5.91 Å². The topological polar surface area (TPSA) is 134 Å². The van der Waals surface area contributed by atoms with Gasteiger partial charge in [-0.2, -0.15) is 0 Å². The summed E-state index contributed by atoms with van der Waals surface area (Å²) in [6.45, 7) is 4.80. The molecule has 0 saturated carbocycles. The van der Waals surface area contributed by atoms with Crippen molar-refractivity contribution in [3.8, 4) is 0 Å². The first-order chi connectivity index (χ1) is 21.7. The monoisotopic (exact) mass is 652 g/mol. The van der Waals surface area contributed by atoms with E-state index >= 15 is 0 Å². The fourth-order valence-corrected chi connectivity index (χ4v) is 6.69. The first-order valence-corrected chi connectivity index (χ1v) is 16.4. The van der Waals surface area contributed by atoms with Crippen molar-refractivity contribution < 1.29 is 23.6 Å².